The minimum atomic E-state index is -3.88. The van der Waals surface area contributed by atoms with Crippen LogP contribution in [-0.2, 0) is 10.0 Å². The van der Waals surface area contributed by atoms with E-state index in [1.807, 2.05) is 0 Å². The zero-order valence-electron chi connectivity index (χ0n) is 8.27. The zero-order valence-corrected chi connectivity index (χ0v) is 9.09. The fraction of sp³-hybridized carbons (Fsp3) is 0.222. The third-order valence-electron chi connectivity index (χ3n) is 1.81. The second kappa shape index (κ2) is 5.03. The first-order valence-corrected chi connectivity index (χ1v) is 5.89. The molecule has 7 heteroatoms. The molecule has 0 saturated carbocycles. The minimum absolute atomic E-state index is 0.0315. The van der Waals surface area contributed by atoms with Gasteiger partial charge in [0.15, 0.2) is 0 Å². The van der Waals surface area contributed by atoms with Crippen LogP contribution in [0.3, 0.4) is 0 Å². The van der Waals surface area contributed by atoms with E-state index in [2.05, 4.69) is 4.72 Å². The standard InChI is InChI=1S/C9H10FN3O2S/c10-8-2-1-3-9(7(8)6-12)16(14,15)13-5-4-11/h1-3,13H,4-5,11H2. The van der Waals surface area contributed by atoms with Crippen molar-refractivity contribution in [1.29, 1.82) is 5.26 Å². The molecule has 0 unspecified atom stereocenters. The highest BCUT2D eigenvalue weighted by Crippen LogP contribution is 2.17. The van der Waals surface area contributed by atoms with Crippen LogP contribution in [0.2, 0.25) is 0 Å². The van der Waals surface area contributed by atoms with E-state index in [0.29, 0.717) is 0 Å². The van der Waals surface area contributed by atoms with Crippen LogP contribution in [0.4, 0.5) is 4.39 Å². The molecule has 0 saturated heterocycles. The molecule has 0 heterocycles. The Morgan fingerprint density at radius 1 is 1.50 bits per heavy atom. The number of nitriles is 1. The SMILES string of the molecule is N#Cc1c(F)cccc1S(=O)(=O)NCCN. The van der Waals surface area contributed by atoms with Gasteiger partial charge in [-0.15, -0.1) is 0 Å². The highest BCUT2D eigenvalue weighted by molar-refractivity contribution is 7.89. The maximum atomic E-state index is 13.2. The molecule has 86 valence electrons. The lowest BCUT2D eigenvalue weighted by Gasteiger charge is -2.07. The van der Waals surface area contributed by atoms with Gasteiger partial charge in [-0.3, -0.25) is 0 Å². The Hall–Kier alpha value is -1.49. The van der Waals surface area contributed by atoms with E-state index >= 15 is 0 Å². The number of sulfonamides is 1. The molecular formula is C9H10FN3O2S. The summed E-state index contributed by atoms with van der Waals surface area (Å²) in [5.41, 5.74) is 4.65. The van der Waals surface area contributed by atoms with E-state index < -0.39 is 21.4 Å². The van der Waals surface area contributed by atoms with Gasteiger partial charge in [-0.05, 0) is 12.1 Å². The number of rotatable bonds is 4. The van der Waals surface area contributed by atoms with Crippen molar-refractivity contribution in [3.63, 3.8) is 0 Å². The second-order valence-corrected chi connectivity index (χ2v) is 4.65. The van der Waals surface area contributed by atoms with Crippen molar-refractivity contribution in [1.82, 2.24) is 4.72 Å². The molecule has 0 atom stereocenters. The topological polar surface area (TPSA) is 96.0 Å². The van der Waals surface area contributed by atoms with Crippen molar-refractivity contribution in [3.8, 4) is 6.07 Å². The lowest BCUT2D eigenvalue weighted by molar-refractivity contribution is 0.577. The summed E-state index contributed by atoms with van der Waals surface area (Å²) in [7, 11) is -3.88. The molecule has 5 nitrogen and oxygen atoms in total. The number of hydrogen-bond acceptors (Lipinski definition) is 4. The smallest absolute Gasteiger partial charge is 0.242 e. The van der Waals surface area contributed by atoms with Crippen LogP contribution in [0.25, 0.3) is 0 Å². The van der Waals surface area contributed by atoms with Crippen LogP contribution in [0.5, 0.6) is 0 Å². The van der Waals surface area contributed by atoms with Crippen LogP contribution in [0.1, 0.15) is 5.56 Å². The van der Waals surface area contributed by atoms with E-state index in [0.717, 1.165) is 6.07 Å². The van der Waals surface area contributed by atoms with E-state index in [1.165, 1.54) is 18.2 Å². The van der Waals surface area contributed by atoms with Crippen LogP contribution in [0.15, 0.2) is 23.1 Å². The first-order chi connectivity index (χ1) is 7.53. The van der Waals surface area contributed by atoms with Gasteiger partial charge in [-0.25, -0.2) is 17.5 Å². The molecule has 0 spiro atoms. The molecule has 1 aromatic carbocycles. The van der Waals surface area contributed by atoms with Gasteiger partial charge in [-0.2, -0.15) is 5.26 Å². The summed E-state index contributed by atoms with van der Waals surface area (Å²) in [6.45, 7) is 0.153. The average molecular weight is 243 g/mol. The number of nitrogens with zero attached hydrogens (tertiary/aromatic N) is 1. The van der Waals surface area contributed by atoms with Crippen LogP contribution < -0.4 is 10.5 Å². The van der Waals surface area contributed by atoms with E-state index in [9.17, 15) is 12.8 Å². The van der Waals surface area contributed by atoms with Crippen molar-refractivity contribution in [3.05, 3.63) is 29.6 Å². The fourth-order valence-corrected chi connectivity index (χ4v) is 2.32. The Morgan fingerprint density at radius 2 is 2.19 bits per heavy atom. The first-order valence-electron chi connectivity index (χ1n) is 4.41. The molecule has 1 rings (SSSR count). The molecule has 16 heavy (non-hydrogen) atoms. The second-order valence-electron chi connectivity index (χ2n) is 2.91. The minimum Gasteiger partial charge on any atom is -0.329 e. The van der Waals surface area contributed by atoms with Gasteiger partial charge in [-0.1, -0.05) is 6.07 Å². The van der Waals surface area contributed by atoms with Gasteiger partial charge >= 0.3 is 0 Å². The first kappa shape index (κ1) is 12.6. The van der Waals surface area contributed by atoms with Crippen LogP contribution in [0, 0.1) is 17.1 Å². The van der Waals surface area contributed by atoms with Gasteiger partial charge in [0, 0.05) is 13.1 Å². The third kappa shape index (κ3) is 2.55. The van der Waals surface area contributed by atoms with Gasteiger partial charge < -0.3 is 5.73 Å². The largest absolute Gasteiger partial charge is 0.329 e. The van der Waals surface area contributed by atoms with Crippen molar-refractivity contribution in [2.75, 3.05) is 13.1 Å². The molecule has 0 radical (unpaired) electrons. The Labute approximate surface area is 92.7 Å². The Bertz CT molecular complexity index is 522. The highest BCUT2D eigenvalue weighted by Gasteiger charge is 2.20. The van der Waals surface area contributed by atoms with Crippen molar-refractivity contribution in [2.45, 2.75) is 4.90 Å². The summed E-state index contributed by atoms with van der Waals surface area (Å²) < 4.78 is 38.6. The Kier molecular flexibility index (Phi) is 3.95. The van der Waals surface area contributed by atoms with E-state index in [4.69, 9.17) is 11.0 Å². The van der Waals surface area contributed by atoms with Gasteiger partial charge in [0.05, 0.1) is 0 Å². The predicted molar refractivity (Wildman–Crippen MR) is 55.4 cm³/mol. The number of benzene rings is 1. The maximum Gasteiger partial charge on any atom is 0.242 e. The normalized spacial score (nSPS) is 11.1. The van der Waals surface area contributed by atoms with Gasteiger partial charge in [0.1, 0.15) is 22.3 Å². The quantitative estimate of drug-likeness (QED) is 0.774. The van der Waals surface area contributed by atoms with Crippen molar-refractivity contribution >= 4 is 10.0 Å². The lowest BCUT2D eigenvalue weighted by atomic mass is 10.2. The number of nitrogens with two attached hydrogens (primary N) is 1. The molecular weight excluding hydrogens is 233 g/mol. The molecule has 0 amide bonds. The molecule has 0 bridgehead atoms. The predicted octanol–water partition coefficient (Wildman–Crippen LogP) is -0.0656. The highest BCUT2D eigenvalue weighted by atomic mass is 32.2. The summed E-state index contributed by atoms with van der Waals surface area (Å²) in [5.74, 6) is -0.863. The number of halogens is 1. The number of hydrogen-bond donors (Lipinski definition) is 2. The summed E-state index contributed by atoms with van der Waals surface area (Å²) in [4.78, 5) is -0.372. The summed E-state index contributed by atoms with van der Waals surface area (Å²) >= 11 is 0. The molecule has 3 N–H and O–H groups in total. The Balaban J connectivity index is 3.24. The summed E-state index contributed by atoms with van der Waals surface area (Å²) in [6.07, 6.45) is 0. The molecule has 0 aromatic heterocycles. The lowest BCUT2D eigenvalue weighted by Crippen LogP contribution is -2.29. The maximum absolute atomic E-state index is 13.2. The molecule has 0 aliphatic rings. The van der Waals surface area contributed by atoms with Gasteiger partial charge in [0.2, 0.25) is 10.0 Å². The van der Waals surface area contributed by atoms with Crippen molar-refractivity contribution in [2.24, 2.45) is 5.73 Å². The van der Waals surface area contributed by atoms with Gasteiger partial charge in [0.25, 0.3) is 0 Å². The zero-order chi connectivity index (χ0) is 12.2. The number of nitrogens with one attached hydrogen (secondary N) is 1. The molecule has 0 fully saturated rings. The fourth-order valence-electron chi connectivity index (χ4n) is 1.11. The molecule has 0 aliphatic heterocycles. The molecule has 0 aliphatic carbocycles. The third-order valence-corrected chi connectivity index (χ3v) is 3.32. The van der Waals surface area contributed by atoms with Crippen LogP contribution in [-0.4, -0.2) is 21.5 Å². The van der Waals surface area contributed by atoms with E-state index in [-0.39, 0.29) is 18.0 Å². The monoisotopic (exact) mass is 243 g/mol. The van der Waals surface area contributed by atoms with E-state index in [1.54, 1.807) is 0 Å². The average Bonchev–Trinajstić information content (AvgIpc) is 2.26. The summed E-state index contributed by atoms with van der Waals surface area (Å²) in [5, 5.41) is 8.68. The molecule has 1 aromatic rings. The van der Waals surface area contributed by atoms with Crippen LogP contribution >= 0.6 is 0 Å². The summed E-state index contributed by atoms with van der Waals surface area (Å²) in [6, 6.07) is 4.95. The van der Waals surface area contributed by atoms with Crippen molar-refractivity contribution < 1.29 is 12.8 Å². The Morgan fingerprint density at radius 3 is 2.75 bits per heavy atom.